The molecule has 0 unspecified atom stereocenters. The van der Waals surface area contributed by atoms with Crippen LogP contribution in [0.15, 0.2) is 36.4 Å². The third-order valence-corrected chi connectivity index (χ3v) is 3.78. The molecule has 7 heteroatoms. The van der Waals surface area contributed by atoms with E-state index in [2.05, 4.69) is 15.2 Å². The monoisotopic (exact) mass is 309 g/mol. The first-order valence-corrected chi connectivity index (χ1v) is 7.09. The van der Waals surface area contributed by atoms with Crippen molar-refractivity contribution in [3.05, 3.63) is 36.4 Å². The number of nitrogens with zero attached hydrogens (tertiary/aromatic N) is 2. The number of aromatic nitrogens is 3. The largest absolute Gasteiger partial charge is 0.454 e. The maximum atomic E-state index is 5.39. The molecule has 23 heavy (non-hydrogen) atoms. The molecular formula is C16H11N3O4. The van der Waals surface area contributed by atoms with Crippen LogP contribution in [0.3, 0.4) is 0 Å². The molecule has 114 valence electrons. The summed E-state index contributed by atoms with van der Waals surface area (Å²) < 4.78 is 21.4. The van der Waals surface area contributed by atoms with E-state index in [-0.39, 0.29) is 13.6 Å². The van der Waals surface area contributed by atoms with Gasteiger partial charge in [-0.15, -0.1) is 10.2 Å². The average molecular weight is 309 g/mol. The first kappa shape index (κ1) is 12.3. The van der Waals surface area contributed by atoms with E-state index in [1.807, 2.05) is 36.4 Å². The first-order chi connectivity index (χ1) is 11.4. The molecule has 2 aromatic carbocycles. The number of aromatic amines is 1. The van der Waals surface area contributed by atoms with Gasteiger partial charge in [0, 0.05) is 11.1 Å². The van der Waals surface area contributed by atoms with Gasteiger partial charge in [-0.3, -0.25) is 0 Å². The first-order valence-electron chi connectivity index (χ1n) is 7.09. The van der Waals surface area contributed by atoms with Crippen molar-refractivity contribution in [3.8, 4) is 45.8 Å². The minimum atomic E-state index is 0.248. The zero-order valence-corrected chi connectivity index (χ0v) is 11.9. The standard InChI is InChI=1S/C16H11N3O4/c1-3-11-13(22-7-20-11)5-9(1)15-17-16(19-18-15)10-2-4-12-14(6-10)23-8-21-12/h1-6H,7-8H2,(H,17,18,19). The molecule has 1 N–H and O–H groups in total. The molecule has 0 radical (unpaired) electrons. The average Bonchev–Trinajstić information content (AvgIpc) is 3.32. The van der Waals surface area contributed by atoms with Crippen LogP contribution in [0.1, 0.15) is 0 Å². The van der Waals surface area contributed by atoms with Crippen molar-refractivity contribution in [2.24, 2.45) is 0 Å². The van der Waals surface area contributed by atoms with Crippen LogP contribution in [0.2, 0.25) is 0 Å². The van der Waals surface area contributed by atoms with Crippen LogP contribution >= 0.6 is 0 Å². The third-order valence-electron chi connectivity index (χ3n) is 3.78. The van der Waals surface area contributed by atoms with Gasteiger partial charge >= 0.3 is 0 Å². The van der Waals surface area contributed by atoms with Gasteiger partial charge in [0.2, 0.25) is 13.6 Å². The molecule has 0 fully saturated rings. The van der Waals surface area contributed by atoms with Gasteiger partial charge in [-0.05, 0) is 36.4 Å². The molecule has 2 aliphatic heterocycles. The number of hydrogen-bond acceptors (Lipinski definition) is 6. The van der Waals surface area contributed by atoms with E-state index in [9.17, 15) is 0 Å². The Balaban J connectivity index is 1.51. The highest BCUT2D eigenvalue weighted by Crippen LogP contribution is 2.37. The van der Waals surface area contributed by atoms with E-state index < -0.39 is 0 Å². The fourth-order valence-corrected chi connectivity index (χ4v) is 2.61. The molecule has 0 atom stereocenters. The summed E-state index contributed by atoms with van der Waals surface area (Å²) in [4.78, 5) is 3.21. The maximum Gasteiger partial charge on any atom is 0.231 e. The Morgan fingerprint density at radius 2 is 1.13 bits per heavy atom. The summed E-state index contributed by atoms with van der Waals surface area (Å²) in [5, 5.41) is 8.42. The lowest BCUT2D eigenvalue weighted by Gasteiger charge is -2.00. The van der Waals surface area contributed by atoms with Crippen molar-refractivity contribution in [1.29, 1.82) is 0 Å². The lowest BCUT2D eigenvalue weighted by molar-refractivity contribution is 0.173. The van der Waals surface area contributed by atoms with Crippen LogP contribution in [0.25, 0.3) is 22.8 Å². The van der Waals surface area contributed by atoms with E-state index in [4.69, 9.17) is 18.9 Å². The summed E-state index contributed by atoms with van der Waals surface area (Å²) in [6, 6.07) is 11.3. The van der Waals surface area contributed by atoms with Crippen LogP contribution in [0, 0.1) is 0 Å². The summed E-state index contributed by atoms with van der Waals surface area (Å²) >= 11 is 0. The van der Waals surface area contributed by atoms with Crippen LogP contribution in [-0.4, -0.2) is 28.8 Å². The third kappa shape index (κ3) is 1.97. The van der Waals surface area contributed by atoms with Crippen LogP contribution in [0.4, 0.5) is 0 Å². The van der Waals surface area contributed by atoms with Crippen LogP contribution in [0.5, 0.6) is 23.0 Å². The summed E-state index contributed by atoms with van der Waals surface area (Å²) in [5.41, 5.74) is 1.77. The number of benzene rings is 2. The quantitative estimate of drug-likeness (QED) is 0.784. The highest BCUT2D eigenvalue weighted by atomic mass is 16.7. The minimum absolute atomic E-state index is 0.248. The van der Waals surface area contributed by atoms with E-state index in [1.54, 1.807) is 0 Å². The zero-order valence-electron chi connectivity index (χ0n) is 11.9. The molecule has 0 amide bonds. The Hall–Kier alpha value is -3.22. The van der Waals surface area contributed by atoms with Crippen LogP contribution in [-0.2, 0) is 0 Å². The number of fused-ring (bicyclic) bond motifs is 2. The highest BCUT2D eigenvalue weighted by Gasteiger charge is 2.17. The molecule has 3 heterocycles. The van der Waals surface area contributed by atoms with Crippen molar-refractivity contribution in [3.63, 3.8) is 0 Å². The van der Waals surface area contributed by atoms with Crippen molar-refractivity contribution in [2.75, 3.05) is 13.6 Å². The summed E-state index contributed by atoms with van der Waals surface area (Å²) in [6.45, 7) is 0.495. The molecule has 0 bridgehead atoms. The van der Waals surface area contributed by atoms with Crippen molar-refractivity contribution < 1.29 is 18.9 Å². The maximum absolute atomic E-state index is 5.39. The van der Waals surface area contributed by atoms with Gasteiger partial charge in [0.15, 0.2) is 34.6 Å². The van der Waals surface area contributed by atoms with Crippen molar-refractivity contribution in [2.45, 2.75) is 0 Å². The molecule has 3 aromatic rings. The van der Waals surface area contributed by atoms with Crippen molar-refractivity contribution in [1.82, 2.24) is 15.2 Å². The number of ether oxygens (including phenoxy) is 4. The zero-order chi connectivity index (χ0) is 15.2. The molecular weight excluding hydrogens is 298 g/mol. The van der Waals surface area contributed by atoms with Crippen molar-refractivity contribution >= 4 is 0 Å². The second kappa shape index (κ2) is 4.64. The molecule has 0 saturated heterocycles. The van der Waals surface area contributed by atoms with Gasteiger partial charge in [0.05, 0.1) is 0 Å². The second-order valence-corrected chi connectivity index (χ2v) is 5.16. The Morgan fingerprint density at radius 1 is 0.652 bits per heavy atom. The predicted molar refractivity (Wildman–Crippen MR) is 79.5 cm³/mol. The Bertz CT molecular complexity index is 834. The molecule has 0 spiro atoms. The van der Waals surface area contributed by atoms with Crippen LogP contribution < -0.4 is 18.9 Å². The SMILES string of the molecule is c1cc2c(cc1-c1nnc(-c3ccc4c(c3)OCO4)[nH]1)OCO2. The van der Waals surface area contributed by atoms with Gasteiger partial charge in [-0.25, -0.2) is 0 Å². The van der Waals surface area contributed by atoms with Gasteiger partial charge in [-0.1, -0.05) is 0 Å². The van der Waals surface area contributed by atoms with Gasteiger partial charge in [0.25, 0.3) is 0 Å². The van der Waals surface area contributed by atoms with E-state index in [1.165, 1.54) is 0 Å². The van der Waals surface area contributed by atoms with Gasteiger partial charge in [0.1, 0.15) is 0 Å². The Morgan fingerprint density at radius 3 is 1.65 bits per heavy atom. The highest BCUT2D eigenvalue weighted by molar-refractivity contribution is 5.66. The molecule has 7 nitrogen and oxygen atoms in total. The lowest BCUT2D eigenvalue weighted by atomic mass is 10.2. The molecule has 1 aromatic heterocycles. The Kier molecular flexibility index (Phi) is 2.49. The second-order valence-electron chi connectivity index (χ2n) is 5.16. The summed E-state index contributed by atoms with van der Waals surface area (Å²) in [5.74, 6) is 4.23. The number of nitrogens with one attached hydrogen (secondary N) is 1. The van der Waals surface area contributed by atoms with Gasteiger partial charge in [-0.2, -0.15) is 0 Å². The lowest BCUT2D eigenvalue weighted by Crippen LogP contribution is -1.92. The number of hydrogen-bond donors (Lipinski definition) is 1. The smallest absolute Gasteiger partial charge is 0.231 e. The molecule has 5 rings (SSSR count). The Labute approximate surface area is 130 Å². The fraction of sp³-hybridized carbons (Fsp3) is 0.125. The van der Waals surface area contributed by atoms with E-state index >= 15 is 0 Å². The number of H-pyrrole nitrogens is 1. The predicted octanol–water partition coefficient (Wildman–Crippen LogP) is 2.60. The normalized spacial score (nSPS) is 14.3. The minimum Gasteiger partial charge on any atom is -0.454 e. The molecule has 0 aliphatic carbocycles. The fourth-order valence-electron chi connectivity index (χ4n) is 2.61. The summed E-state index contributed by atoms with van der Waals surface area (Å²) in [7, 11) is 0. The number of rotatable bonds is 2. The van der Waals surface area contributed by atoms with Gasteiger partial charge < -0.3 is 23.9 Å². The topological polar surface area (TPSA) is 78.5 Å². The summed E-state index contributed by atoms with van der Waals surface area (Å²) in [6.07, 6.45) is 0. The van der Waals surface area contributed by atoms with E-state index in [0.29, 0.717) is 23.1 Å². The molecule has 2 aliphatic rings. The molecule has 0 saturated carbocycles. The van der Waals surface area contributed by atoms with E-state index in [0.717, 1.165) is 22.6 Å².